The van der Waals surface area contributed by atoms with Gasteiger partial charge in [-0.05, 0) is 31.5 Å². The molecule has 1 rings (SSSR count). The van der Waals surface area contributed by atoms with E-state index >= 15 is 0 Å². The maximum Gasteiger partial charge on any atom is 0.573 e. The third-order valence-corrected chi connectivity index (χ3v) is 5.50. The third kappa shape index (κ3) is 4.58. The molecule has 0 radical (unpaired) electrons. The second-order valence-electron chi connectivity index (χ2n) is 4.42. The molecule has 1 unspecified atom stereocenters. The first-order valence-corrected chi connectivity index (χ1v) is 8.25. The van der Waals surface area contributed by atoms with Crippen LogP contribution in [-0.4, -0.2) is 32.2 Å². The second-order valence-corrected chi connectivity index (χ2v) is 7.30. The van der Waals surface area contributed by atoms with Crippen LogP contribution in [0, 0.1) is 0 Å². The number of alkyl halides is 3. The maximum absolute atomic E-state index is 12.4. The van der Waals surface area contributed by atoms with E-state index in [-0.39, 0.29) is 10.5 Å². The number of rotatable bonds is 5. The minimum atomic E-state index is -4.97. The van der Waals surface area contributed by atoms with E-state index in [1.807, 2.05) is 0 Å². The van der Waals surface area contributed by atoms with Crippen molar-refractivity contribution >= 4 is 26.0 Å². The number of hydrogen-bond donors (Lipinski definition) is 0. The van der Waals surface area contributed by atoms with E-state index in [4.69, 9.17) is 0 Å². The highest BCUT2D eigenvalue weighted by Crippen LogP contribution is 2.34. The van der Waals surface area contributed by atoms with Crippen molar-refractivity contribution in [1.29, 1.82) is 0 Å². The average molecular weight is 390 g/mol. The van der Waals surface area contributed by atoms with Crippen LogP contribution in [0.5, 0.6) is 5.75 Å². The quantitative estimate of drug-likeness (QED) is 0.769. The van der Waals surface area contributed by atoms with E-state index in [9.17, 15) is 21.6 Å². The Bertz CT molecular complexity index is 604. The number of hydrogen-bond acceptors (Lipinski definition) is 3. The summed E-state index contributed by atoms with van der Waals surface area (Å²) >= 11 is 2.99. The molecule has 4 nitrogen and oxygen atoms in total. The van der Waals surface area contributed by atoms with Crippen LogP contribution < -0.4 is 4.74 Å². The molecule has 21 heavy (non-hydrogen) atoms. The number of halogens is 4. The summed E-state index contributed by atoms with van der Waals surface area (Å²) in [5.74, 6) is -0.757. The van der Waals surface area contributed by atoms with Gasteiger partial charge in [-0.3, -0.25) is 0 Å². The smallest absolute Gasteiger partial charge is 0.404 e. The van der Waals surface area contributed by atoms with E-state index in [2.05, 4.69) is 20.7 Å². The van der Waals surface area contributed by atoms with Gasteiger partial charge in [0.15, 0.2) is 5.75 Å². The van der Waals surface area contributed by atoms with Gasteiger partial charge in [0, 0.05) is 17.6 Å². The lowest BCUT2D eigenvalue weighted by atomic mass is 10.3. The zero-order valence-electron chi connectivity index (χ0n) is 11.6. The van der Waals surface area contributed by atoms with Crippen LogP contribution in [0.4, 0.5) is 13.2 Å². The highest BCUT2D eigenvalue weighted by molar-refractivity contribution is 9.10. The van der Waals surface area contributed by atoms with Crippen molar-refractivity contribution in [2.75, 3.05) is 7.05 Å². The normalized spacial score (nSPS) is 14.3. The molecule has 0 saturated carbocycles. The van der Waals surface area contributed by atoms with Crippen molar-refractivity contribution in [2.45, 2.75) is 37.6 Å². The average Bonchev–Trinajstić information content (AvgIpc) is 2.34. The first-order valence-electron chi connectivity index (χ1n) is 6.02. The minimum absolute atomic E-state index is 0.284. The molecule has 0 amide bonds. The van der Waals surface area contributed by atoms with Crippen LogP contribution in [0.2, 0.25) is 0 Å². The lowest BCUT2D eigenvalue weighted by Crippen LogP contribution is -2.35. The highest BCUT2D eigenvalue weighted by Gasteiger charge is 2.35. The molecule has 0 bridgehead atoms. The Morgan fingerprint density at radius 3 is 2.43 bits per heavy atom. The molecule has 0 aliphatic carbocycles. The van der Waals surface area contributed by atoms with E-state index in [0.717, 1.165) is 16.4 Å². The third-order valence-electron chi connectivity index (χ3n) is 3.00. The lowest BCUT2D eigenvalue weighted by Gasteiger charge is -2.24. The lowest BCUT2D eigenvalue weighted by molar-refractivity contribution is -0.275. The summed E-state index contributed by atoms with van der Waals surface area (Å²) in [5, 5.41) is 0. The molecule has 0 aliphatic rings. The summed E-state index contributed by atoms with van der Waals surface area (Å²) in [6.45, 7) is 3.45. The van der Waals surface area contributed by atoms with Crippen LogP contribution in [0.25, 0.3) is 0 Å². The van der Waals surface area contributed by atoms with Crippen LogP contribution in [-0.2, 0) is 10.0 Å². The van der Waals surface area contributed by atoms with Crippen molar-refractivity contribution in [3.8, 4) is 5.75 Å². The fourth-order valence-electron chi connectivity index (χ4n) is 1.55. The molecule has 0 aromatic heterocycles. The molecular weight excluding hydrogens is 375 g/mol. The van der Waals surface area contributed by atoms with Crippen LogP contribution in [0.1, 0.15) is 20.3 Å². The Kier molecular flexibility index (Phi) is 5.68. The molecule has 0 saturated heterocycles. The number of sulfonamides is 1. The van der Waals surface area contributed by atoms with Gasteiger partial charge < -0.3 is 4.74 Å². The zero-order chi connectivity index (χ0) is 16.4. The second kappa shape index (κ2) is 6.53. The van der Waals surface area contributed by atoms with Gasteiger partial charge in [-0.15, -0.1) is 13.2 Å². The van der Waals surface area contributed by atoms with Crippen molar-refractivity contribution in [1.82, 2.24) is 4.31 Å². The summed E-state index contributed by atoms with van der Waals surface area (Å²) < 4.78 is 67.2. The zero-order valence-corrected chi connectivity index (χ0v) is 14.0. The Balaban J connectivity index is 3.35. The largest absolute Gasteiger partial charge is 0.573 e. The molecule has 0 N–H and O–H groups in total. The first kappa shape index (κ1) is 18.2. The van der Waals surface area contributed by atoms with E-state index in [1.165, 1.54) is 13.1 Å². The standard InChI is InChI=1S/C12H15BrF3NO3S/c1-4-8(2)17(3)21(18,19)11-6-5-9(13)7-10(11)20-12(14,15)16/h5-8H,4H2,1-3H3. The number of benzene rings is 1. The minimum Gasteiger partial charge on any atom is -0.404 e. The van der Waals surface area contributed by atoms with Crippen molar-refractivity contribution in [3.05, 3.63) is 22.7 Å². The van der Waals surface area contributed by atoms with Gasteiger partial charge in [0.05, 0.1) is 0 Å². The van der Waals surface area contributed by atoms with Crippen molar-refractivity contribution < 1.29 is 26.3 Å². The van der Waals surface area contributed by atoms with Gasteiger partial charge in [0.25, 0.3) is 0 Å². The molecule has 1 aromatic carbocycles. The number of ether oxygens (including phenoxy) is 1. The van der Waals surface area contributed by atoms with Crippen LogP contribution in [0.3, 0.4) is 0 Å². The van der Waals surface area contributed by atoms with Gasteiger partial charge in [0.2, 0.25) is 10.0 Å². The molecular formula is C12H15BrF3NO3S. The highest BCUT2D eigenvalue weighted by atomic mass is 79.9. The van der Waals surface area contributed by atoms with E-state index < -0.39 is 27.0 Å². The fraction of sp³-hybridized carbons (Fsp3) is 0.500. The molecule has 0 fully saturated rings. The summed E-state index contributed by atoms with van der Waals surface area (Å²) in [7, 11) is -2.76. The summed E-state index contributed by atoms with van der Waals surface area (Å²) in [5.41, 5.74) is 0. The van der Waals surface area contributed by atoms with Crippen molar-refractivity contribution in [3.63, 3.8) is 0 Å². The molecule has 0 spiro atoms. The topological polar surface area (TPSA) is 46.6 Å². The summed E-state index contributed by atoms with van der Waals surface area (Å²) in [6, 6.07) is 3.06. The van der Waals surface area contributed by atoms with Crippen molar-refractivity contribution in [2.24, 2.45) is 0 Å². The number of nitrogens with zero attached hydrogens (tertiary/aromatic N) is 1. The van der Waals surface area contributed by atoms with Crippen LogP contribution in [0.15, 0.2) is 27.6 Å². The van der Waals surface area contributed by atoms with Crippen LogP contribution >= 0.6 is 15.9 Å². The maximum atomic E-state index is 12.4. The fourth-order valence-corrected chi connectivity index (χ4v) is 3.42. The Morgan fingerprint density at radius 2 is 1.95 bits per heavy atom. The van der Waals surface area contributed by atoms with E-state index in [0.29, 0.717) is 6.42 Å². The van der Waals surface area contributed by atoms with Gasteiger partial charge in [-0.1, -0.05) is 22.9 Å². The Morgan fingerprint density at radius 1 is 1.38 bits per heavy atom. The Hall–Kier alpha value is -0.800. The monoisotopic (exact) mass is 389 g/mol. The predicted octanol–water partition coefficient (Wildman–Crippen LogP) is 3.77. The summed E-state index contributed by atoms with van der Waals surface area (Å²) in [4.78, 5) is -0.522. The molecule has 120 valence electrons. The molecule has 9 heteroatoms. The SMILES string of the molecule is CCC(C)N(C)S(=O)(=O)c1ccc(Br)cc1OC(F)(F)F. The van der Waals surface area contributed by atoms with Gasteiger partial charge in [-0.2, -0.15) is 4.31 Å². The molecule has 1 atom stereocenters. The predicted molar refractivity (Wildman–Crippen MR) is 75.5 cm³/mol. The van der Waals surface area contributed by atoms with E-state index in [1.54, 1.807) is 13.8 Å². The first-order chi connectivity index (χ1) is 9.49. The summed E-state index contributed by atoms with van der Waals surface area (Å²) in [6.07, 6.45) is -4.44. The van der Waals surface area contributed by atoms with Gasteiger partial charge in [0.1, 0.15) is 4.90 Å². The molecule has 0 heterocycles. The van der Waals surface area contributed by atoms with Gasteiger partial charge in [-0.25, -0.2) is 8.42 Å². The molecule has 0 aliphatic heterocycles. The Labute approximate surface area is 130 Å². The molecule has 1 aromatic rings. The van der Waals surface area contributed by atoms with Gasteiger partial charge >= 0.3 is 6.36 Å².